The Balaban J connectivity index is 0.000000383. The van der Waals surface area contributed by atoms with Gasteiger partial charge in [0.25, 0.3) is 0 Å². The maximum absolute atomic E-state index is 12.4. The number of esters is 1. The molecule has 0 radical (unpaired) electrons. The van der Waals surface area contributed by atoms with Crippen molar-refractivity contribution in [2.24, 2.45) is 0 Å². The fourth-order valence-electron chi connectivity index (χ4n) is 4.62. The van der Waals surface area contributed by atoms with E-state index in [4.69, 9.17) is 9.72 Å². The Morgan fingerprint density at radius 3 is 2.55 bits per heavy atom. The number of carbonyl (C=O) groups is 2. The van der Waals surface area contributed by atoms with Gasteiger partial charge in [0.1, 0.15) is 0 Å². The number of aliphatic hydroxyl groups is 1. The zero-order chi connectivity index (χ0) is 27.5. The molecule has 1 amide bonds. The highest BCUT2D eigenvalue weighted by atomic mass is 32.1. The first-order chi connectivity index (χ1) is 18.3. The number of benzene rings is 1. The average molecular weight is 545 g/mol. The Morgan fingerprint density at radius 2 is 1.92 bits per heavy atom. The van der Waals surface area contributed by atoms with Crippen molar-refractivity contribution in [2.75, 3.05) is 25.1 Å². The molecular formula is C29H44N4O4S. The Hall–Kier alpha value is -2.49. The van der Waals surface area contributed by atoms with E-state index in [-0.39, 0.29) is 24.1 Å². The van der Waals surface area contributed by atoms with Crippen molar-refractivity contribution in [3.63, 3.8) is 0 Å². The largest absolute Gasteiger partial charge is 0.463 e. The minimum atomic E-state index is -0.364. The van der Waals surface area contributed by atoms with Crippen molar-refractivity contribution in [1.82, 2.24) is 15.3 Å². The van der Waals surface area contributed by atoms with E-state index in [1.54, 1.807) is 16.2 Å². The number of β-amino-alcohol motifs (C(OH)–C–C–N with tert-alkyl or cyclic N) is 1. The average Bonchev–Trinajstić information content (AvgIpc) is 3.36. The van der Waals surface area contributed by atoms with Gasteiger partial charge in [0.15, 0.2) is 0 Å². The second kappa shape index (κ2) is 15.2. The first-order valence-corrected chi connectivity index (χ1v) is 14.9. The number of amides is 1. The number of aromatic nitrogens is 1. The van der Waals surface area contributed by atoms with Gasteiger partial charge in [-0.2, -0.15) is 0 Å². The van der Waals surface area contributed by atoms with Crippen LogP contribution in [0, 0.1) is 0 Å². The van der Waals surface area contributed by atoms with Gasteiger partial charge in [0.05, 0.1) is 34.2 Å². The van der Waals surface area contributed by atoms with Crippen molar-refractivity contribution < 1.29 is 19.4 Å². The second-order valence-electron chi connectivity index (χ2n) is 10.4. The Bertz CT molecular complexity index is 1030. The number of likely N-dealkylation sites (tertiary alicyclic amines) is 1. The summed E-state index contributed by atoms with van der Waals surface area (Å²) >= 11 is 1.80. The molecule has 3 N–H and O–H groups in total. The maximum atomic E-state index is 12.4. The number of hydrazine groups is 1. The van der Waals surface area contributed by atoms with Crippen LogP contribution >= 0.6 is 11.3 Å². The molecule has 1 aromatic heterocycles. The third-order valence-electron chi connectivity index (χ3n) is 6.62. The van der Waals surface area contributed by atoms with E-state index in [9.17, 15) is 14.7 Å². The number of ether oxygens (including phenoxy) is 1. The quantitative estimate of drug-likeness (QED) is 0.276. The summed E-state index contributed by atoms with van der Waals surface area (Å²) in [4.78, 5) is 30.6. The predicted octanol–water partition coefficient (Wildman–Crippen LogP) is 5.28. The summed E-state index contributed by atoms with van der Waals surface area (Å²) in [5.41, 5.74) is 9.53. The third-order valence-corrected chi connectivity index (χ3v) is 7.81. The summed E-state index contributed by atoms with van der Waals surface area (Å²) in [6.45, 7) is 9.41. The molecule has 0 bridgehead atoms. The van der Waals surface area contributed by atoms with Crippen LogP contribution in [-0.2, 0) is 20.7 Å². The van der Waals surface area contributed by atoms with Crippen LogP contribution in [0.15, 0.2) is 24.4 Å². The predicted molar refractivity (Wildman–Crippen MR) is 153 cm³/mol. The number of carbonyl (C=O) groups excluding carboxylic acids is 2. The normalized spacial score (nSPS) is 16.0. The number of thiazole rings is 1. The maximum Gasteiger partial charge on any atom is 0.306 e. The summed E-state index contributed by atoms with van der Waals surface area (Å²) < 4.78 is 4.85. The van der Waals surface area contributed by atoms with Gasteiger partial charge in [-0.25, -0.2) is 10.4 Å². The lowest BCUT2D eigenvalue weighted by atomic mass is 9.90. The summed E-state index contributed by atoms with van der Waals surface area (Å²) in [6.07, 6.45) is 9.89. The Morgan fingerprint density at radius 1 is 1.18 bits per heavy atom. The molecule has 2 heterocycles. The molecule has 9 heteroatoms. The Kier molecular flexibility index (Phi) is 12.0. The van der Waals surface area contributed by atoms with E-state index in [1.165, 1.54) is 37.1 Å². The van der Waals surface area contributed by atoms with Gasteiger partial charge in [-0.15, -0.1) is 11.3 Å². The van der Waals surface area contributed by atoms with Gasteiger partial charge >= 0.3 is 5.97 Å². The van der Waals surface area contributed by atoms with Crippen LogP contribution in [0.1, 0.15) is 89.1 Å². The number of hydrogen-bond donors (Lipinski definition) is 3. The molecule has 0 atom stereocenters. The smallest absolute Gasteiger partial charge is 0.306 e. The summed E-state index contributed by atoms with van der Waals surface area (Å²) in [7, 11) is 0. The van der Waals surface area contributed by atoms with Gasteiger partial charge in [-0.05, 0) is 44.7 Å². The molecule has 1 saturated carbocycles. The molecule has 8 nitrogen and oxygen atoms in total. The van der Waals surface area contributed by atoms with Crippen LogP contribution in [0.3, 0.4) is 0 Å². The molecule has 2 aromatic rings. The van der Waals surface area contributed by atoms with Crippen LogP contribution in [0.5, 0.6) is 0 Å². The first kappa shape index (κ1) is 30.1. The molecule has 1 aliphatic carbocycles. The van der Waals surface area contributed by atoms with E-state index in [0.29, 0.717) is 31.8 Å². The van der Waals surface area contributed by atoms with Crippen molar-refractivity contribution in [2.45, 2.75) is 97.2 Å². The molecule has 0 unspecified atom stereocenters. The van der Waals surface area contributed by atoms with Gasteiger partial charge < -0.3 is 20.2 Å². The van der Waals surface area contributed by atoms with Crippen LogP contribution in [0.25, 0.3) is 10.4 Å². The minimum Gasteiger partial charge on any atom is -0.463 e. The fraction of sp³-hybridized carbons (Fsp3) is 0.621. The molecule has 0 spiro atoms. The van der Waals surface area contributed by atoms with Gasteiger partial charge in [0.2, 0.25) is 5.91 Å². The van der Waals surface area contributed by atoms with Crippen LogP contribution < -0.4 is 10.9 Å². The van der Waals surface area contributed by atoms with E-state index >= 15 is 0 Å². The molecule has 38 heavy (non-hydrogen) atoms. The van der Waals surface area contributed by atoms with Gasteiger partial charge in [-0.3, -0.25) is 9.59 Å². The monoisotopic (exact) mass is 544 g/mol. The van der Waals surface area contributed by atoms with Crippen molar-refractivity contribution in [1.29, 1.82) is 0 Å². The standard InChI is InChI=1S/C22H30N4O2S.C7H14O2/c1-2-24-25-19-10-15(11-21(28)26-13-17(27)14-26)8-9-18(19)20-12-23-22(29-20)16-6-4-3-5-7-16;1-4-5-7(8)9-6(2)3/h8-10,12,16-17,24-25,27H,2-7,11,13-14H2,1H3;6H,4-5H2,1-3H3. The molecular weight excluding hydrogens is 500 g/mol. The SMILES string of the molecule is CCCC(=O)OC(C)C.CCNNc1cc(CC(=O)N2CC(O)C2)ccc1-c1cnc(C2CCCCC2)s1. The van der Waals surface area contributed by atoms with Crippen molar-refractivity contribution in [3.8, 4) is 10.4 Å². The molecule has 210 valence electrons. The van der Waals surface area contributed by atoms with E-state index in [0.717, 1.165) is 34.7 Å². The number of nitrogens with one attached hydrogen (secondary N) is 2. The summed E-state index contributed by atoms with van der Waals surface area (Å²) in [5.74, 6) is 0.582. The second-order valence-corrected chi connectivity index (χ2v) is 11.4. The number of hydrogen-bond acceptors (Lipinski definition) is 8. The lowest BCUT2D eigenvalue weighted by Gasteiger charge is -2.36. The van der Waals surface area contributed by atoms with E-state index in [2.05, 4.69) is 16.9 Å². The number of aliphatic hydroxyl groups excluding tert-OH is 1. The molecule has 1 saturated heterocycles. The lowest BCUT2D eigenvalue weighted by molar-refractivity contribution is -0.147. The Labute approximate surface area is 231 Å². The molecule has 4 rings (SSSR count). The number of rotatable bonds is 10. The zero-order valence-electron chi connectivity index (χ0n) is 23.3. The topological polar surface area (TPSA) is 104 Å². The highest BCUT2D eigenvalue weighted by molar-refractivity contribution is 7.15. The lowest BCUT2D eigenvalue weighted by Crippen LogP contribution is -2.53. The first-order valence-electron chi connectivity index (χ1n) is 14.0. The minimum absolute atomic E-state index is 0.0315. The number of anilines is 1. The van der Waals surface area contributed by atoms with Crippen LogP contribution in [0.2, 0.25) is 0 Å². The highest BCUT2D eigenvalue weighted by Gasteiger charge is 2.28. The van der Waals surface area contributed by atoms with Gasteiger partial charge in [0, 0.05) is 43.7 Å². The third kappa shape index (κ3) is 9.06. The highest BCUT2D eigenvalue weighted by Crippen LogP contribution is 2.39. The van der Waals surface area contributed by atoms with Crippen LogP contribution in [-0.4, -0.2) is 58.7 Å². The van der Waals surface area contributed by atoms with Crippen molar-refractivity contribution in [3.05, 3.63) is 35.0 Å². The zero-order valence-corrected chi connectivity index (χ0v) is 24.1. The summed E-state index contributed by atoms with van der Waals surface area (Å²) in [6, 6.07) is 6.16. The molecule has 1 aliphatic heterocycles. The van der Waals surface area contributed by atoms with E-state index in [1.807, 2.05) is 46.0 Å². The molecule has 2 aliphatic rings. The summed E-state index contributed by atoms with van der Waals surface area (Å²) in [5, 5.41) is 10.7. The van der Waals surface area contributed by atoms with Crippen LogP contribution in [0.4, 0.5) is 5.69 Å². The molecule has 2 fully saturated rings. The number of nitrogens with zero attached hydrogens (tertiary/aromatic N) is 2. The van der Waals surface area contributed by atoms with Crippen molar-refractivity contribution >= 4 is 28.9 Å². The molecule has 1 aromatic carbocycles. The fourth-order valence-corrected chi connectivity index (χ4v) is 5.75. The van der Waals surface area contributed by atoms with E-state index < -0.39 is 0 Å². The van der Waals surface area contributed by atoms with Gasteiger partial charge in [-0.1, -0.05) is 45.2 Å².